The summed E-state index contributed by atoms with van der Waals surface area (Å²) in [6.07, 6.45) is 0. The van der Waals surface area contributed by atoms with Crippen molar-refractivity contribution in [1.82, 2.24) is 20.1 Å². The minimum Gasteiger partial charge on any atom is -0.497 e. The molecule has 136 valence electrons. The van der Waals surface area contributed by atoms with E-state index in [1.54, 1.807) is 7.11 Å². The van der Waals surface area contributed by atoms with Gasteiger partial charge >= 0.3 is 0 Å². The molecule has 0 aliphatic carbocycles. The molecule has 2 aromatic rings. The van der Waals surface area contributed by atoms with E-state index in [0.29, 0.717) is 0 Å². The molecular weight excluding hydrogens is 336 g/mol. The second-order valence-corrected chi connectivity index (χ2v) is 8.09. The van der Waals surface area contributed by atoms with Crippen LogP contribution in [-0.2, 0) is 11.3 Å². The smallest absolute Gasteiger partial charge is 0.233 e. The normalized spacial score (nSPS) is 12.7. The Morgan fingerprint density at radius 3 is 2.44 bits per heavy atom. The van der Waals surface area contributed by atoms with Gasteiger partial charge in [-0.25, -0.2) is 0 Å². The minimum atomic E-state index is -0.252. The van der Waals surface area contributed by atoms with E-state index in [4.69, 9.17) is 4.74 Å². The summed E-state index contributed by atoms with van der Waals surface area (Å²) < 4.78 is 7.22. The Hall–Kier alpha value is -2.02. The van der Waals surface area contributed by atoms with Crippen LogP contribution in [0.3, 0.4) is 0 Å². The zero-order chi connectivity index (χ0) is 18.6. The molecule has 1 N–H and O–H groups in total. The fourth-order valence-electron chi connectivity index (χ4n) is 2.30. The van der Waals surface area contributed by atoms with Gasteiger partial charge in [-0.05, 0) is 58.9 Å². The molecule has 1 aromatic carbocycles. The molecule has 6 nitrogen and oxygen atoms in total. The Labute approximate surface area is 153 Å². The Balaban J connectivity index is 2.20. The third kappa shape index (κ3) is 4.98. The minimum absolute atomic E-state index is 0.00542. The summed E-state index contributed by atoms with van der Waals surface area (Å²) in [5.41, 5.74) is 0.715. The van der Waals surface area contributed by atoms with E-state index in [2.05, 4.69) is 15.5 Å². The van der Waals surface area contributed by atoms with Gasteiger partial charge in [0.25, 0.3) is 0 Å². The van der Waals surface area contributed by atoms with Gasteiger partial charge in [0.05, 0.1) is 12.4 Å². The SMILES string of the molecule is CCn1c(SC(C)C(=O)NC(C)(C)C)nnc1-c1ccc(OC)cc1. The molecule has 0 bridgehead atoms. The van der Waals surface area contributed by atoms with Gasteiger partial charge in [0, 0.05) is 17.6 Å². The average molecular weight is 362 g/mol. The highest BCUT2D eigenvalue weighted by Crippen LogP contribution is 2.28. The van der Waals surface area contributed by atoms with Gasteiger partial charge in [-0.2, -0.15) is 0 Å². The largest absolute Gasteiger partial charge is 0.497 e. The summed E-state index contributed by atoms with van der Waals surface area (Å²) in [4.78, 5) is 12.3. The van der Waals surface area contributed by atoms with Crippen molar-refractivity contribution in [2.45, 2.75) is 57.1 Å². The quantitative estimate of drug-likeness (QED) is 0.798. The van der Waals surface area contributed by atoms with Gasteiger partial charge in [-0.1, -0.05) is 11.8 Å². The van der Waals surface area contributed by atoms with Gasteiger partial charge < -0.3 is 14.6 Å². The van der Waals surface area contributed by atoms with Crippen LogP contribution in [0.15, 0.2) is 29.4 Å². The number of carbonyl (C=O) groups is 1. The van der Waals surface area contributed by atoms with Crippen molar-refractivity contribution in [2.24, 2.45) is 0 Å². The van der Waals surface area contributed by atoms with Crippen LogP contribution < -0.4 is 10.1 Å². The molecule has 0 aliphatic rings. The first kappa shape index (κ1) is 19.3. The Morgan fingerprint density at radius 2 is 1.92 bits per heavy atom. The molecule has 25 heavy (non-hydrogen) atoms. The topological polar surface area (TPSA) is 69.0 Å². The molecule has 1 unspecified atom stereocenters. The summed E-state index contributed by atoms with van der Waals surface area (Å²) in [6.45, 7) is 10.6. The number of hydrogen-bond acceptors (Lipinski definition) is 5. The highest BCUT2D eigenvalue weighted by Gasteiger charge is 2.23. The maximum absolute atomic E-state index is 12.3. The number of hydrogen-bond donors (Lipinski definition) is 1. The number of methoxy groups -OCH3 is 1. The van der Waals surface area contributed by atoms with Crippen LogP contribution in [0.25, 0.3) is 11.4 Å². The standard InChI is InChI=1S/C18H26N4O2S/c1-7-22-15(13-8-10-14(24-6)11-9-13)20-21-17(22)25-12(2)16(23)19-18(3,4)5/h8-12H,7H2,1-6H3,(H,19,23). The van der Waals surface area contributed by atoms with E-state index in [9.17, 15) is 4.79 Å². The number of rotatable bonds is 6. The summed E-state index contributed by atoms with van der Waals surface area (Å²) in [7, 11) is 1.64. The molecule has 0 saturated heterocycles. The van der Waals surface area contributed by atoms with E-state index in [1.807, 2.05) is 63.5 Å². The first-order valence-electron chi connectivity index (χ1n) is 8.31. The number of aromatic nitrogens is 3. The van der Waals surface area contributed by atoms with Crippen molar-refractivity contribution in [2.75, 3.05) is 7.11 Å². The van der Waals surface area contributed by atoms with Crippen molar-refractivity contribution < 1.29 is 9.53 Å². The summed E-state index contributed by atoms with van der Waals surface area (Å²) in [5.74, 6) is 1.58. The number of amides is 1. The van der Waals surface area contributed by atoms with E-state index in [-0.39, 0.29) is 16.7 Å². The van der Waals surface area contributed by atoms with Gasteiger partial charge in [0.2, 0.25) is 5.91 Å². The van der Waals surface area contributed by atoms with E-state index < -0.39 is 0 Å². The van der Waals surface area contributed by atoms with Crippen LogP contribution in [0.4, 0.5) is 0 Å². The second kappa shape index (κ2) is 7.91. The molecule has 7 heteroatoms. The van der Waals surface area contributed by atoms with Gasteiger partial charge in [0.15, 0.2) is 11.0 Å². The fourth-order valence-corrected chi connectivity index (χ4v) is 3.21. The number of thioether (sulfide) groups is 1. The Kier molecular flexibility index (Phi) is 6.11. The van der Waals surface area contributed by atoms with Crippen molar-refractivity contribution in [3.8, 4) is 17.1 Å². The van der Waals surface area contributed by atoms with E-state index in [0.717, 1.165) is 28.8 Å². The highest BCUT2D eigenvalue weighted by molar-refractivity contribution is 8.00. The van der Waals surface area contributed by atoms with Crippen LogP contribution >= 0.6 is 11.8 Å². The van der Waals surface area contributed by atoms with Gasteiger partial charge in [0.1, 0.15) is 5.75 Å². The molecule has 0 spiro atoms. The van der Waals surface area contributed by atoms with Crippen LogP contribution in [0.5, 0.6) is 5.75 Å². The van der Waals surface area contributed by atoms with Gasteiger partial charge in [-0.15, -0.1) is 10.2 Å². The summed E-state index contributed by atoms with van der Waals surface area (Å²) >= 11 is 1.42. The molecular formula is C18H26N4O2S. The van der Waals surface area contributed by atoms with Gasteiger partial charge in [-0.3, -0.25) is 4.79 Å². The number of ether oxygens (including phenoxy) is 1. The molecule has 1 aromatic heterocycles. The first-order valence-corrected chi connectivity index (χ1v) is 9.19. The van der Waals surface area contributed by atoms with Crippen LogP contribution in [-0.4, -0.2) is 38.6 Å². The van der Waals surface area contributed by atoms with Crippen molar-refractivity contribution in [3.05, 3.63) is 24.3 Å². The molecule has 2 rings (SSSR count). The lowest BCUT2D eigenvalue weighted by molar-refractivity contribution is -0.121. The lowest BCUT2D eigenvalue weighted by Crippen LogP contribution is -2.44. The maximum atomic E-state index is 12.3. The van der Waals surface area contributed by atoms with Crippen LogP contribution in [0.1, 0.15) is 34.6 Å². The predicted octanol–water partition coefficient (Wildman–Crippen LogP) is 3.37. The number of nitrogens with zero attached hydrogens (tertiary/aromatic N) is 3. The third-order valence-corrected chi connectivity index (χ3v) is 4.61. The molecule has 0 fully saturated rings. The fraction of sp³-hybridized carbons (Fsp3) is 0.500. The molecule has 1 heterocycles. The van der Waals surface area contributed by atoms with E-state index in [1.165, 1.54) is 11.8 Å². The average Bonchev–Trinajstić information content (AvgIpc) is 2.95. The van der Waals surface area contributed by atoms with Crippen LogP contribution in [0.2, 0.25) is 0 Å². The van der Waals surface area contributed by atoms with Crippen LogP contribution in [0, 0.1) is 0 Å². The number of benzene rings is 1. The molecule has 0 aliphatic heterocycles. The first-order chi connectivity index (χ1) is 11.7. The highest BCUT2D eigenvalue weighted by atomic mass is 32.2. The van der Waals surface area contributed by atoms with E-state index >= 15 is 0 Å². The lowest BCUT2D eigenvalue weighted by atomic mass is 10.1. The summed E-state index contributed by atoms with van der Waals surface area (Å²) in [5, 5.41) is 12.1. The molecule has 1 amide bonds. The second-order valence-electron chi connectivity index (χ2n) is 6.78. The predicted molar refractivity (Wildman–Crippen MR) is 101 cm³/mol. The molecule has 0 radical (unpaired) electrons. The zero-order valence-corrected chi connectivity index (χ0v) is 16.5. The number of carbonyl (C=O) groups excluding carboxylic acids is 1. The number of nitrogens with one attached hydrogen (secondary N) is 1. The maximum Gasteiger partial charge on any atom is 0.233 e. The zero-order valence-electron chi connectivity index (χ0n) is 15.7. The van der Waals surface area contributed by atoms with Crippen molar-refractivity contribution >= 4 is 17.7 Å². The third-order valence-electron chi connectivity index (χ3n) is 3.53. The lowest BCUT2D eigenvalue weighted by Gasteiger charge is -2.22. The molecule has 0 saturated carbocycles. The van der Waals surface area contributed by atoms with Crippen molar-refractivity contribution in [3.63, 3.8) is 0 Å². The molecule has 1 atom stereocenters. The monoisotopic (exact) mass is 362 g/mol. The summed E-state index contributed by atoms with van der Waals surface area (Å²) in [6, 6.07) is 7.71. The Morgan fingerprint density at radius 1 is 1.28 bits per heavy atom. The van der Waals surface area contributed by atoms with Crippen molar-refractivity contribution in [1.29, 1.82) is 0 Å². The Bertz CT molecular complexity index is 720.